The maximum atomic E-state index is 13.8. The van der Waals surface area contributed by atoms with Crippen LogP contribution in [-0.2, 0) is 32.3 Å². The van der Waals surface area contributed by atoms with Gasteiger partial charge in [-0.2, -0.15) is 12.6 Å². The third-order valence-corrected chi connectivity index (χ3v) is 9.95. The van der Waals surface area contributed by atoms with Crippen molar-refractivity contribution in [1.82, 2.24) is 15.2 Å². The van der Waals surface area contributed by atoms with E-state index < -0.39 is 30.4 Å². The molecule has 284 valence electrons. The molecule has 4 aliphatic heterocycles. The summed E-state index contributed by atoms with van der Waals surface area (Å²) in [6.07, 6.45) is 3.41. The van der Waals surface area contributed by atoms with Crippen molar-refractivity contribution in [3.63, 3.8) is 0 Å². The standard InChI is InChI=1S/C30H31N5O8.C3H8S.C3H8.C2H6/c1-13(32-23(37)5-31)26(38)34-30-9-29(10-30,11-30)24-15-3-21-22(43-12-42-21)4-19(15)33-25-16(24)6-35-20(25)2-14-17(7-36)28(40)41-8-18(14)27(35)39;1-3(2)4;1-3-2;1-2/h2-4,13,17,25,33,36H,5-12,31H2,1H3,(H,32,37)(H,34,38);3-4H,1-2H3;3H2,1-2H3;1-2H3. The number of carbonyl (C=O) groups excluding carboxylic acids is 3. The first-order valence-electron chi connectivity index (χ1n) is 18.3. The van der Waals surface area contributed by atoms with Crippen LogP contribution in [-0.4, -0.2) is 64.2 Å². The Morgan fingerprint density at radius 2 is 1.69 bits per heavy atom. The molecule has 0 saturated heterocycles. The molecule has 2 bridgehead atoms. The molecule has 52 heavy (non-hydrogen) atoms. The molecule has 3 aliphatic carbocycles. The van der Waals surface area contributed by atoms with Crippen LogP contribution in [0.15, 0.2) is 28.6 Å². The molecule has 5 heterocycles. The molecule has 6 N–H and O–H groups in total. The van der Waals surface area contributed by atoms with Crippen LogP contribution in [0.5, 0.6) is 11.5 Å². The van der Waals surface area contributed by atoms with Gasteiger partial charge in [-0.25, -0.2) is 0 Å². The first-order chi connectivity index (χ1) is 24.8. The monoisotopic (exact) mass is 739 g/mol. The van der Waals surface area contributed by atoms with Crippen molar-refractivity contribution in [1.29, 1.82) is 0 Å². The highest BCUT2D eigenvalue weighted by Crippen LogP contribution is 2.74. The SMILES string of the molecule is CC.CC(C)S.CC(NC(=O)CN)C(=O)NC12CC(C3=C4Cn5c(cc6c(c5=O)COC(=O)C6CO)C4Nc4cc5c(cc43)OCO5)(C1)C2.CCC. The van der Waals surface area contributed by atoms with Crippen molar-refractivity contribution in [2.24, 2.45) is 11.1 Å². The summed E-state index contributed by atoms with van der Waals surface area (Å²) in [5.41, 5.74) is 10.2. The van der Waals surface area contributed by atoms with Gasteiger partial charge in [0.15, 0.2) is 11.5 Å². The summed E-state index contributed by atoms with van der Waals surface area (Å²) >= 11 is 3.97. The van der Waals surface area contributed by atoms with Crippen molar-refractivity contribution in [2.45, 2.75) is 116 Å². The molecule has 0 radical (unpaired) electrons. The Labute approximate surface area is 310 Å². The second-order valence-corrected chi connectivity index (χ2v) is 15.4. The zero-order chi connectivity index (χ0) is 38.1. The second-order valence-electron chi connectivity index (χ2n) is 14.3. The number of anilines is 1. The molecule has 2 aromatic rings. The van der Waals surface area contributed by atoms with E-state index in [9.17, 15) is 24.3 Å². The van der Waals surface area contributed by atoms with Gasteiger partial charge in [0.25, 0.3) is 5.56 Å². The van der Waals surface area contributed by atoms with E-state index in [1.54, 1.807) is 11.5 Å². The highest BCUT2D eigenvalue weighted by Gasteiger charge is 2.71. The van der Waals surface area contributed by atoms with Gasteiger partial charge in [0.05, 0.1) is 24.8 Å². The number of allylic oxidation sites excluding steroid dienone is 1. The number of nitrogens with two attached hydrogens (primary N) is 1. The van der Waals surface area contributed by atoms with Crippen LogP contribution < -0.4 is 36.7 Å². The number of aromatic nitrogens is 1. The maximum Gasteiger partial charge on any atom is 0.316 e. The van der Waals surface area contributed by atoms with Gasteiger partial charge in [-0.3, -0.25) is 19.2 Å². The molecule has 13 nitrogen and oxygen atoms in total. The molecular formula is C38H53N5O8S. The van der Waals surface area contributed by atoms with Gasteiger partial charge in [-0.05, 0) is 60.3 Å². The summed E-state index contributed by atoms with van der Waals surface area (Å²) in [5.74, 6) is -0.799. The Hall–Kier alpha value is -4.01. The van der Waals surface area contributed by atoms with E-state index in [2.05, 4.69) is 42.4 Å². The Morgan fingerprint density at radius 1 is 1.08 bits per heavy atom. The Morgan fingerprint density at radius 3 is 2.29 bits per heavy atom. The predicted octanol–water partition coefficient (Wildman–Crippen LogP) is 3.91. The third-order valence-electron chi connectivity index (χ3n) is 9.95. The van der Waals surface area contributed by atoms with Crippen molar-refractivity contribution >= 4 is 41.7 Å². The average molecular weight is 740 g/mol. The lowest BCUT2D eigenvalue weighted by Gasteiger charge is -2.72. The molecule has 0 spiro atoms. The number of nitrogens with zero attached hydrogens (tertiary/aromatic N) is 1. The number of aliphatic hydroxyl groups is 1. The lowest BCUT2D eigenvalue weighted by atomic mass is 9.36. The Balaban J connectivity index is 0.000000530. The minimum absolute atomic E-state index is 0.119. The molecule has 3 atom stereocenters. The molecule has 2 amide bonds. The van der Waals surface area contributed by atoms with E-state index in [1.807, 2.05) is 45.9 Å². The largest absolute Gasteiger partial charge is 0.460 e. The van der Waals surface area contributed by atoms with Crippen LogP contribution >= 0.6 is 12.6 Å². The van der Waals surface area contributed by atoms with Crippen LogP contribution in [0.3, 0.4) is 0 Å². The molecule has 14 heteroatoms. The Bertz CT molecular complexity index is 1800. The van der Waals surface area contributed by atoms with Crippen LogP contribution in [0, 0.1) is 5.41 Å². The summed E-state index contributed by atoms with van der Waals surface area (Å²) in [7, 11) is 0. The van der Waals surface area contributed by atoms with Crippen molar-refractivity contribution in [3.05, 3.63) is 56.5 Å². The van der Waals surface area contributed by atoms with Crippen LogP contribution in [0.25, 0.3) is 5.57 Å². The minimum atomic E-state index is -0.905. The minimum Gasteiger partial charge on any atom is -0.460 e. The smallest absolute Gasteiger partial charge is 0.316 e. The van der Waals surface area contributed by atoms with Gasteiger partial charge in [-0.1, -0.05) is 48.0 Å². The summed E-state index contributed by atoms with van der Waals surface area (Å²) in [6, 6.07) is 4.74. The summed E-state index contributed by atoms with van der Waals surface area (Å²) in [5, 5.41) is 19.9. The van der Waals surface area contributed by atoms with E-state index in [-0.39, 0.29) is 48.4 Å². The van der Waals surface area contributed by atoms with E-state index in [0.29, 0.717) is 34.4 Å². The number of thiol groups is 1. The van der Waals surface area contributed by atoms with Crippen molar-refractivity contribution in [2.75, 3.05) is 25.3 Å². The number of pyridine rings is 1. The fourth-order valence-electron chi connectivity index (χ4n) is 8.10. The van der Waals surface area contributed by atoms with Gasteiger partial charge < -0.3 is 45.6 Å². The number of nitrogens with one attached hydrogen (secondary N) is 3. The summed E-state index contributed by atoms with van der Waals surface area (Å²) in [6.45, 7) is 13.7. The molecule has 7 aliphatic rings. The molecular weight excluding hydrogens is 687 g/mol. The average Bonchev–Trinajstić information content (AvgIpc) is 3.69. The summed E-state index contributed by atoms with van der Waals surface area (Å²) in [4.78, 5) is 50.7. The van der Waals surface area contributed by atoms with Crippen LogP contribution in [0.1, 0.15) is 108 Å². The number of ether oxygens (including phenoxy) is 3. The number of esters is 1. The van der Waals surface area contributed by atoms with Crippen LogP contribution in [0.4, 0.5) is 5.69 Å². The lowest BCUT2D eigenvalue weighted by Crippen LogP contribution is -2.76. The fraction of sp³-hybridized carbons (Fsp3) is 0.579. The number of aliphatic hydroxyl groups excluding tert-OH is 1. The van der Waals surface area contributed by atoms with E-state index >= 15 is 0 Å². The highest BCUT2D eigenvalue weighted by atomic mass is 32.1. The number of carbonyl (C=O) groups is 3. The van der Waals surface area contributed by atoms with Crippen molar-refractivity contribution in [3.8, 4) is 11.5 Å². The lowest BCUT2D eigenvalue weighted by molar-refractivity contribution is -0.149. The molecule has 1 aromatic heterocycles. The van der Waals surface area contributed by atoms with E-state index in [4.69, 9.17) is 19.9 Å². The number of cyclic esters (lactones) is 1. The zero-order valence-electron chi connectivity index (χ0n) is 31.2. The summed E-state index contributed by atoms with van der Waals surface area (Å²) < 4.78 is 18.4. The first kappa shape index (κ1) is 39.2. The quantitative estimate of drug-likeness (QED) is 0.188. The molecule has 3 saturated carbocycles. The topological polar surface area (TPSA) is 183 Å². The fourth-order valence-corrected chi connectivity index (χ4v) is 8.10. The molecule has 3 fully saturated rings. The number of amides is 2. The second kappa shape index (κ2) is 15.5. The van der Waals surface area contributed by atoms with Gasteiger partial charge >= 0.3 is 5.97 Å². The van der Waals surface area contributed by atoms with Gasteiger partial charge in [0.2, 0.25) is 18.6 Å². The van der Waals surface area contributed by atoms with Gasteiger partial charge in [0.1, 0.15) is 18.6 Å². The zero-order valence-corrected chi connectivity index (χ0v) is 32.1. The van der Waals surface area contributed by atoms with Gasteiger partial charge in [-0.15, -0.1) is 0 Å². The van der Waals surface area contributed by atoms with E-state index in [0.717, 1.165) is 47.4 Å². The van der Waals surface area contributed by atoms with Gasteiger partial charge in [0, 0.05) is 40.5 Å². The first-order valence-corrected chi connectivity index (χ1v) is 18.8. The van der Waals surface area contributed by atoms with Crippen LogP contribution in [0.2, 0.25) is 0 Å². The highest BCUT2D eigenvalue weighted by molar-refractivity contribution is 7.80. The number of rotatable bonds is 6. The third kappa shape index (κ3) is 6.92. The normalized spacial score (nSPS) is 25.2. The number of benzene rings is 1. The number of hydrogen-bond donors (Lipinski definition) is 6. The number of hydrogen-bond acceptors (Lipinski definition) is 11. The Kier molecular flexibility index (Phi) is 11.7. The predicted molar refractivity (Wildman–Crippen MR) is 201 cm³/mol. The molecule has 9 rings (SSSR count). The molecule has 3 unspecified atom stereocenters. The number of fused-ring (bicyclic) bond motifs is 6. The van der Waals surface area contributed by atoms with E-state index in [1.165, 1.54) is 6.42 Å². The molecule has 1 aromatic carbocycles. The van der Waals surface area contributed by atoms with Crippen molar-refractivity contribution < 1.29 is 33.7 Å². The maximum absolute atomic E-state index is 13.8.